The molecule has 0 radical (unpaired) electrons. The van der Waals surface area contributed by atoms with Crippen molar-refractivity contribution in [3.05, 3.63) is 35.6 Å². The molecule has 0 aliphatic heterocycles. The highest BCUT2D eigenvalue weighted by molar-refractivity contribution is 5.97. The van der Waals surface area contributed by atoms with Gasteiger partial charge in [0.2, 0.25) is 11.8 Å². The van der Waals surface area contributed by atoms with Gasteiger partial charge in [0, 0.05) is 12.6 Å². The van der Waals surface area contributed by atoms with E-state index in [9.17, 15) is 14.0 Å². The first kappa shape index (κ1) is 12.5. The molecule has 96 valence electrons. The molecule has 2 amide bonds. The first-order valence-corrected chi connectivity index (χ1v) is 5.94. The van der Waals surface area contributed by atoms with Crippen LogP contribution in [0, 0.1) is 5.82 Å². The van der Waals surface area contributed by atoms with Crippen LogP contribution < -0.4 is 10.6 Å². The average Bonchev–Trinajstić information content (AvgIpc) is 3.12. The van der Waals surface area contributed by atoms with Crippen LogP contribution in [0.25, 0.3) is 0 Å². The van der Waals surface area contributed by atoms with Crippen LogP contribution in [0.5, 0.6) is 0 Å². The largest absolute Gasteiger partial charge is 0.353 e. The highest BCUT2D eigenvalue weighted by Gasteiger charge is 2.23. The van der Waals surface area contributed by atoms with Gasteiger partial charge in [-0.2, -0.15) is 0 Å². The molecule has 5 heteroatoms. The van der Waals surface area contributed by atoms with Crippen LogP contribution >= 0.6 is 0 Å². The smallest absolute Gasteiger partial charge is 0.229 e. The van der Waals surface area contributed by atoms with Crippen LogP contribution in [0.15, 0.2) is 24.3 Å². The van der Waals surface area contributed by atoms with E-state index in [0.29, 0.717) is 6.54 Å². The molecule has 2 N–H and O–H groups in total. The Labute approximate surface area is 105 Å². The van der Waals surface area contributed by atoms with Gasteiger partial charge in [-0.05, 0) is 30.5 Å². The van der Waals surface area contributed by atoms with E-state index in [1.54, 1.807) is 12.1 Å². The molecule has 0 bridgehead atoms. The van der Waals surface area contributed by atoms with Crippen LogP contribution in [0.3, 0.4) is 0 Å². The van der Waals surface area contributed by atoms with Gasteiger partial charge < -0.3 is 10.6 Å². The molecule has 1 aliphatic rings. The van der Waals surface area contributed by atoms with Crippen molar-refractivity contribution in [3.63, 3.8) is 0 Å². The van der Waals surface area contributed by atoms with Gasteiger partial charge in [-0.25, -0.2) is 4.39 Å². The quantitative estimate of drug-likeness (QED) is 0.769. The van der Waals surface area contributed by atoms with Crippen molar-refractivity contribution in [1.29, 1.82) is 0 Å². The lowest BCUT2D eigenvalue weighted by atomic mass is 10.2. The first-order chi connectivity index (χ1) is 8.63. The third kappa shape index (κ3) is 4.16. The van der Waals surface area contributed by atoms with Gasteiger partial charge in [0.25, 0.3) is 0 Å². The first-order valence-electron chi connectivity index (χ1n) is 5.94. The highest BCUT2D eigenvalue weighted by Crippen LogP contribution is 2.18. The van der Waals surface area contributed by atoms with Crippen LogP contribution in [0.1, 0.15) is 24.8 Å². The molecule has 1 aliphatic carbocycles. The Morgan fingerprint density at radius 2 is 1.83 bits per heavy atom. The summed E-state index contributed by atoms with van der Waals surface area (Å²) in [6.07, 6.45) is 1.85. The summed E-state index contributed by atoms with van der Waals surface area (Å²) in [4.78, 5) is 22.8. The van der Waals surface area contributed by atoms with Crippen LogP contribution in [-0.4, -0.2) is 17.9 Å². The van der Waals surface area contributed by atoms with Gasteiger partial charge in [0.05, 0.1) is 0 Å². The summed E-state index contributed by atoms with van der Waals surface area (Å²) in [6.45, 7) is 0.301. The van der Waals surface area contributed by atoms with Crippen molar-refractivity contribution in [2.45, 2.75) is 31.8 Å². The monoisotopic (exact) mass is 250 g/mol. The number of rotatable bonds is 5. The van der Waals surface area contributed by atoms with Crippen LogP contribution in [0.4, 0.5) is 4.39 Å². The number of hydrogen-bond acceptors (Lipinski definition) is 2. The van der Waals surface area contributed by atoms with Crippen molar-refractivity contribution in [3.8, 4) is 0 Å². The van der Waals surface area contributed by atoms with Crippen LogP contribution in [-0.2, 0) is 16.1 Å². The lowest BCUT2D eigenvalue weighted by Crippen LogP contribution is -2.32. The maximum atomic E-state index is 12.6. The lowest BCUT2D eigenvalue weighted by Gasteiger charge is -2.06. The molecule has 2 rings (SSSR count). The molecule has 0 unspecified atom stereocenters. The second-order valence-corrected chi connectivity index (χ2v) is 4.42. The van der Waals surface area contributed by atoms with Crippen LogP contribution in [0.2, 0.25) is 0 Å². The molecule has 18 heavy (non-hydrogen) atoms. The van der Waals surface area contributed by atoms with Crippen molar-refractivity contribution >= 4 is 11.8 Å². The average molecular weight is 250 g/mol. The minimum atomic E-state index is -0.322. The SMILES string of the molecule is O=C(CC(=O)NC1CC1)NCc1ccc(F)cc1. The number of nitrogens with one attached hydrogen (secondary N) is 2. The van der Waals surface area contributed by atoms with Gasteiger partial charge in [0.1, 0.15) is 12.2 Å². The third-order valence-electron chi connectivity index (χ3n) is 2.67. The van der Waals surface area contributed by atoms with Gasteiger partial charge in [-0.3, -0.25) is 9.59 Å². The summed E-state index contributed by atoms with van der Waals surface area (Å²) in [7, 11) is 0. The van der Waals surface area contributed by atoms with E-state index < -0.39 is 0 Å². The molecule has 0 spiro atoms. The maximum absolute atomic E-state index is 12.6. The van der Waals surface area contributed by atoms with Crippen molar-refractivity contribution < 1.29 is 14.0 Å². The second-order valence-electron chi connectivity index (χ2n) is 4.42. The Kier molecular flexibility index (Phi) is 3.92. The topological polar surface area (TPSA) is 58.2 Å². The Morgan fingerprint density at radius 3 is 2.44 bits per heavy atom. The number of benzene rings is 1. The Balaban J connectivity index is 1.70. The normalized spacial score (nSPS) is 14.1. The number of halogens is 1. The van der Waals surface area contributed by atoms with Gasteiger partial charge >= 0.3 is 0 Å². The molecule has 1 aromatic rings. The molecule has 0 heterocycles. The van der Waals surface area contributed by atoms with E-state index in [-0.39, 0.29) is 30.1 Å². The van der Waals surface area contributed by atoms with E-state index in [0.717, 1.165) is 18.4 Å². The summed E-state index contributed by atoms with van der Waals surface area (Å²) in [6, 6.07) is 6.13. The summed E-state index contributed by atoms with van der Waals surface area (Å²) in [5.74, 6) is -0.875. The van der Waals surface area contributed by atoms with E-state index in [2.05, 4.69) is 10.6 Å². The second kappa shape index (κ2) is 5.62. The summed E-state index contributed by atoms with van der Waals surface area (Å²) in [5, 5.41) is 5.36. The zero-order valence-corrected chi connectivity index (χ0v) is 9.91. The van der Waals surface area contributed by atoms with E-state index in [1.165, 1.54) is 12.1 Å². The zero-order chi connectivity index (χ0) is 13.0. The number of amides is 2. The van der Waals surface area contributed by atoms with E-state index >= 15 is 0 Å². The fourth-order valence-corrected chi connectivity index (χ4v) is 1.52. The van der Waals surface area contributed by atoms with Gasteiger partial charge in [-0.15, -0.1) is 0 Å². The maximum Gasteiger partial charge on any atom is 0.229 e. The van der Waals surface area contributed by atoms with Crippen molar-refractivity contribution in [1.82, 2.24) is 10.6 Å². The van der Waals surface area contributed by atoms with Crippen molar-refractivity contribution in [2.75, 3.05) is 0 Å². The molecular weight excluding hydrogens is 235 g/mol. The Morgan fingerprint density at radius 1 is 1.17 bits per heavy atom. The van der Waals surface area contributed by atoms with Crippen molar-refractivity contribution in [2.24, 2.45) is 0 Å². The van der Waals surface area contributed by atoms with E-state index in [4.69, 9.17) is 0 Å². The fraction of sp³-hybridized carbons (Fsp3) is 0.385. The zero-order valence-electron chi connectivity index (χ0n) is 9.91. The number of hydrogen-bond donors (Lipinski definition) is 2. The molecule has 0 atom stereocenters. The summed E-state index contributed by atoms with van der Waals surface area (Å²) < 4.78 is 12.6. The summed E-state index contributed by atoms with van der Waals surface area (Å²) >= 11 is 0. The Bertz CT molecular complexity index is 441. The fourth-order valence-electron chi connectivity index (χ4n) is 1.52. The molecule has 1 fully saturated rings. The molecule has 1 saturated carbocycles. The molecule has 4 nitrogen and oxygen atoms in total. The molecule has 0 saturated heterocycles. The van der Waals surface area contributed by atoms with Gasteiger partial charge in [-0.1, -0.05) is 12.1 Å². The number of carbonyl (C=O) groups excluding carboxylic acids is 2. The highest BCUT2D eigenvalue weighted by atomic mass is 19.1. The Hall–Kier alpha value is -1.91. The predicted octanol–water partition coefficient (Wildman–Crippen LogP) is 1.11. The van der Waals surface area contributed by atoms with Gasteiger partial charge in [0.15, 0.2) is 0 Å². The molecule has 0 aromatic heterocycles. The van der Waals surface area contributed by atoms with E-state index in [1.807, 2.05) is 0 Å². The minimum Gasteiger partial charge on any atom is -0.353 e. The standard InChI is InChI=1S/C13H15FN2O2/c14-10-3-1-9(2-4-10)8-15-12(17)7-13(18)16-11-5-6-11/h1-4,11H,5-8H2,(H,15,17)(H,16,18). The third-order valence-corrected chi connectivity index (χ3v) is 2.67. The number of carbonyl (C=O) groups is 2. The molecule has 1 aromatic carbocycles. The summed E-state index contributed by atoms with van der Waals surface area (Å²) in [5.41, 5.74) is 0.798. The lowest BCUT2D eigenvalue weighted by molar-refractivity contribution is -0.129. The predicted molar refractivity (Wildman–Crippen MR) is 64.0 cm³/mol. The minimum absolute atomic E-state index is 0.155. The molecular formula is C13H15FN2O2.